The van der Waals surface area contributed by atoms with Crippen molar-refractivity contribution >= 4 is 15.9 Å². The minimum atomic E-state index is 0.637. The van der Waals surface area contributed by atoms with Gasteiger partial charge in [-0.3, -0.25) is 0 Å². The van der Waals surface area contributed by atoms with Crippen LogP contribution < -0.4 is 0 Å². The van der Waals surface area contributed by atoms with Gasteiger partial charge >= 0.3 is 0 Å². The molecule has 2 aliphatic carbocycles. The van der Waals surface area contributed by atoms with Crippen LogP contribution in [0.5, 0.6) is 0 Å². The summed E-state index contributed by atoms with van der Waals surface area (Å²) in [5.74, 6) is 1.02. The highest BCUT2D eigenvalue weighted by Gasteiger charge is 2.37. The van der Waals surface area contributed by atoms with Gasteiger partial charge in [-0.05, 0) is 44.1 Å². The van der Waals surface area contributed by atoms with Crippen LogP contribution in [0.4, 0.5) is 0 Å². The predicted molar refractivity (Wildman–Crippen MR) is 64.9 cm³/mol. The third kappa shape index (κ3) is 2.33. The highest BCUT2D eigenvalue weighted by molar-refractivity contribution is 9.09. The molecule has 2 fully saturated rings. The van der Waals surface area contributed by atoms with E-state index in [9.17, 15) is 0 Å². The topological polar surface area (TPSA) is 3.24 Å². The molecule has 2 saturated carbocycles. The van der Waals surface area contributed by atoms with Crippen molar-refractivity contribution in [2.45, 2.75) is 38.5 Å². The van der Waals surface area contributed by atoms with Crippen molar-refractivity contribution in [3.05, 3.63) is 0 Å². The molecule has 0 saturated heterocycles. The molecule has 0 spiro atoms. The van der Waals surface area contributed by atoms with E-state index in [2.05, 4.69) is 27.9 Å². The minimum Gasteiger partial charge on any atom is -0.306 e. The zero-order chi connectivity index (χ0) is 10.0. The van der Waals surface area contributed by atoms with Crippen LogP contribution in [0.1, 0.15) is 38.5 Å². The molecule has 0 aromatic heterocycles. The first kappa shape index (κ1) is 10.9. The summed E-state index contributed by atoms with van der Waals surface area (Å²) in [5.41, 5.74) is 0.637. The van der Waals surface area contributed by atoms with Gasteiger partial charge in [0.25, 0.3) is 0 Å². The van der Waals surface area contributed by atoms with Crippen molar-refractivity contribution in [2.75, 3.05) is 25.5 Å². The Morgan fingerprint density at radius 3 is 2.36 bits per heavy atom. The van der Waals surface area contributed by atoms with Gasteiger partial charge in [-0.2, -0.15) is 0 Å². The normalized spacial score (nSPS) is 25.9. The van der Waals surface area contributed by atoms with E-state index in [0.717, 1.165) is 5.92 Å². The van der Waals surface area contributed by atoms with E-state index in [1.165, 1.54) is 56.9 Å². The van der Waals surface area contributed by atoms with Gasteiger partial charge in [0.1, 0.15) is 0 Å². The lowest BCUT2D eigenvalue weighted by Crippen LogP contribution is -2.44. The molecule has 2 aliphatic rings. The lowest BCUT2D eigenvalue weighted by atomic mass is 9.70. The van der Waals surface area contributed by atoms with Crippen molar-refractivity contribution in [3.8, 4) is 0 Å². The van der Waals surface area contributed by atoms with Gasteiger partial charge in [0.05, 0.1) is 0 Å². The first-order valence-electron chi connectivity index (χ1n) is 5.99. The number of hydrogen-bond acceptors (Lipinski definition) is 1. The van der Waals surface area contributed by atoms with Crippen molar-refractivity contribution < 1.29 is 0 Å². The molecule has 0 N–H and O–H groups in total. The van der Waals surface area contributed by atoms with Gasteiger partial charge in [-0.25, -0.2) is 0 Å². The second-order valence-electron chi connectivity index (χ2n) is 5.48. The Morgan fingerprint density at radius 1 is 1.29 bits per heavy atom. The molecule has 0 radical (unpaired) electrons. The predicted octanol–water partition coefficient (Wildman–Crippen LogP) is 3.28. The van der Waals surface area contributed by atoms with Gasteiger partial charge < -0.3 is 4.90 Å². The first-order valence-corrected chi connectivity index (χ1v) is 7.11. The Morgan fingerprint density at radius 2 is 2.00 bits per heavy atom. The van der Waals surface area contributed by atoms with Gasteiger partial charge in [0.15, 0.2) is 0 Å². The van der Waals surface area contributed by atoms with Crippen molar-refractivity contribution in [3.63, 3.8) is 0 Å². The second-order valence-corrected chi connectivity index (χ2v) is 6.04. The largest absolute Gasteiger partial charge is 0.306 e. The Kier molecular flexibility index (Phi) is 3.54. The summed E-state index contributed by atoms with van der Waals surface area (Å²) < 4.78 is 0. The summed E-state index contributed by atoms with van der Waals surface area (Å²) in [6.07, 6.45) is 8.75. The highest BCUT2D eigenvalue weighted by atomic mass is 79.9. The number of rotatable bonds is 5. The SMILES string of the molecule is CN(CC1CCC1)CC1(CBr)CCC1. The van der Waals surface area contributed by atoms with Crippen molar-refractivity contribution in [1.82, 2.24) is 4.90 Å². The van der Waals surface area contributed by atoms with Crippen LogP contribution in [0.25, 0.3) is 0 Å². The minimum absolute atomic E-state index is 0.637. The summed E-state index contributed by atoms with van der Waals surface area (Å²) >= 11 is 3.68. The molecule has 0 atom stereocenters. The molecular weight excluding hydrogens is 238 g/mol. The van der Waals surface area contributed by atoms with E-state index in [-0.39, 0.29) is 0 Å². The maximum absolute atomic E-state index is 3.68. The number of nitrogens with zero attached hydrogens (tertiary/aromatic N) is 1. The quantitative estimate of drug-likeness (QED) is 0.686. The van der Waals surface area contributed by atoms with E-state index in [1.54, 1.807) is 0 Å². The molecule has 82 valence electrons. The van der Waals surface area contributed by atoms with Gasteiger partial charge in [0, 0.05) is 18.4 Å². The van der Waals surface area contributed by atoms with Crippen LogP contribution in [0.15, 0.2) is 0 Å². The molecule has 2 rings (SSSR count). The van der Waals surface area contributed by atoms with Crippen LogP contribution >= 0.6 is 15.9 Å². The van der Waals surface area contributed by atoms with E-state index >= 15 is 0 Å². The Balaban J connectivity index is 1.72. The monoisotopic (exact) mass is 259 g/mol. The summed E-state index contributed by atoms with van der Waals surface area (Å²) in [4.78, 5) is 2.57. The average molecular weight is 260 g/mol. The van der Waals surface area contributed by atoms with Gasteiger partial charge in [-0.15, -0.1) is 0 Å². The first-order chi connectivity index (χ1) is 6.74. The fraction of sp³-hybridized carbons (Fsp3) is 1.00. The molecular formula is C12H22BrN. The summed E-state index contributed by atoms with van der Waals surface area (Å²) in [6, 6.07) is 0. The lowest BCUT2D eigenvalue weighted by Gasteiger charge is -2.44. The molecule has 14 heavy (non-hydrogen) atoms. The molecule has 0 aromatic carbocycles. The van der Waals surface area contributed by atoms with Crippen LogP contribution in [0, 0.1) is 11.3 Å². The highest BCUT2D eigenvalue weighted by Crippen LogP contribution is 2.43. The Hall–Kier alpha value is 0.440. The summed E-state index contributed by atoms with van der Waals surface area (Å²) in [7, 11) is 2.31. The zero-order valence-corrected chi connectivity index (χ0v) is 10.9. The van der Waals surface area contributed by atoms with Crippen LogP contribution in [0.2, 0.25) is 0 Å². The second kappa shape index (κ2) is 4.52. The van der Waals surface area contributed by atoms with Gasteiger partial charge in [0.2, 0.25) is 0 Å². The third-order valence-corrected chi connectivity index (χ3v) is 5.29. The van der Waals surface area contributed by atoms with Crippen LogP contribution in [0.3, 0.4) is 0 Å². The lowest BCUT2D eigenvalue weighted by molar-refractivity contribution is 0.0865. The van der Waals surface area contributed by atoms with Crippen molar-refractivity contribution in [1.29, 1.82) is 0 Å². The zero-order valence-electron chi connectivity index (χ0n) is 9.27. The molecule has 1 nitrogen and oxygen atoms in total. The number of alkyl halides is 1. The standard InChI is InChI=1S/C12H22BrN/c1-14(8-11-4-2-5-11)10-12(9-13)6-3-7-12/h11H,2-10H2,1H3. The molecule has 2 heteroatoms. The molecule has 0 aromatic rings. The summed E-state index contributed by atoms with van der Waals surface area (Å²) in [5, 5.41) is 1.20. The number of hydrogen-bond donors (Lipinski definition) is 0. The maximum Gasteiger partial charge on any atom is 0.0100 e. The Labute approximate surface area is 96.4 Å². The van der Waals surface area contributed by atoms with E-state index < -0.39 is 0 Å². The summed E-state index contributed by atoms with van der Waals surface area (Å²) in [6.45, 7) is 2.66. The third-order valence-electron chi connectivity index (χ3n) is 4.10. The average Bonchev–Trinajstić information content (AvgIpc) is 2.04. The Bertz CT molecular complexity index is 179. The van der Waals surface area contributed by atoms with E-state index in [0.29, 0.717) is 5.41 Å². The molecule has 0 amide bonds. The molecule has 0 aliphatic heterocycles. The van der Waals surface area contributed by atoms with Crippen LogP contribution in [-0.2, 0) is 0 Å². The maximum atomic E-state index is 3.68. The van der Waals surface area contributed by atoms with E-state index in [4.69, 9.17) is 0 Å². The fourth-order valence-corrected chi connectivity index (χ4v) is 3.50. The van der Waals surface area contributed by atoms with Crippen LogP contribution in [-0.4, -0.2) is 30.4 Å². The molecule has 0 heterocycles. The van der Waals surface area contributed by atoms with Gasteiger partial charge in [-0.1, -0.05) is 28.8 Å². The van der Waals surface area contributed by atoms with E-state index in [1.807, 2.05) is 0 Å². The fourth-order valence-electron chi connectivity index (χ4n) is 2.76. The molecule has 0 bridgehead atoms. The smallest absolute Gasteiger partial charge is 0.0100 e. The number of halogens is 1. The molecule has 0 unspecified atom stereocenters. The van der Waals surface area contributed by atoms with Crippen molar-refractivity contribution in [2.24, 2.45) is 11.3 Å².